The molecular weight excluding hydrogens is 299 g/mol. The van der Waals surface area contributed by atoms with Gasteiger partial charge in [-0.15, -0.1) is 0 Å². The topological polar surface area (TPSA) is 36.7 Å². The molecule has 1 aromatic rings. The summed E-state index contributed by atoms with van der Waals surface area (Å²) in [6.07, 6.45) is -4.80. The fraction of sp³-hybridized carbons (Fsp3) is 0.250. The molecule has 0 spiro atoms. The second-order valence-electron chi connectivity index (χ2n) is 2.73. The molecule has 0 atom stereocenters. The highest BCUT2D eigenvalue weighted by Gasteiger charge is 2.60. The predicted octanol–water partition coefficient (Wildman–Crippen LogP) is 3.37. The summed E-state index contributed by atoms with van der Waals surface area (Å²) in [5.41, 5.74) is -2.41. The monoisotopic (exact) mass is 300 g/mol. The molecule has 0 aliphatic heterocycles. The molecule has 1 heterocycles. The van der Waals surface area contributed by atoms with E-state index in [9.17, 15) is 22.0 Å². The van der Waals surface area contributed by atoms with Crippen molar-refractivity contribution in [1.29, 1.82) is 5.26 Å². The van der Waals surface area contributed by atoms with E-state index in [1.54, 1.807) is 0 Å². The van der Waals surface area contributed by atoms with E-state index in [1.165, 1.54) is 6.07 Å². The molecule has 0 fully saturated rings. The number of nitrogens with zero attached hydrogens (tertiary/aromatic N) is 2. The number of alkyl halides is 5. The van der Waals surface area contributed by atoms with Gasteiger partial charge in [0.05, 0.1) is 5.56 Å². The van der Waals surface area contributed by atoms with E-state index in [2.05, 4.69) is 20.9 Å². The average Bonchev–Trinajstić information content (AvgIpc) is 2.16. The van der Waals surface area contributed by atoms with Crippen molar-refractivity contribution in [2.45, 2.75) is 12.1 Å². The molecule has 0 unspecified atom stereocenters. The SMILES string of the molecule is N#Cc1ncc(Br)cc1C(F)(F)C(F)(F)F. The molecule has 2 nitrogen and oxygen atoms in total. The van der Waals surface area contributed by atoms with Crippen LogP contribution >= 0.6 is 15.9 Å². The maximum absolute atomic E-state index is 13.0. The fourth-order valence-corrected chi connectivity index (χ4v) is 1.25. The molecule has 0 aliphatic carbocycles. The maximum Gasteiger partial charge on any atom is 0.458 e. The van der Waals surface area contributed by atoms with E-state index in [1.807, 2.05) is 0 Å². The van der Waals surface area contributed by atoms with Gasteiger partial charge in [-0.2, -0.15) is 27.2 Å². The maximum atomic E-state index is 13.0. The lowest BCUT2D eigenvalue weighted by atomic mass is 10.1. The van der Waals surface area contributed by atoms with Gasteiger partial charge in [-0.1, -0.05) is 0 Å². The first kappa shape index (κ1) is 12.8. The van der Waals surface area contributed by atoms with Gasteiger partial charge < -0.3 is 0 Å². The van der Waals surface area contributed by atoms with Gasteiger partial charge in [-0.05, 0) is 22.0 Å². The molecule has 86 valence electrons. The van der Waals surface area contributed by atoms with Crippen LogP contribution in [0.15, 0.2) is 16.7 Å². The van der Waals surface area contributed by atoms with Crippen LogP contribution in [0.5, 0.6) is 0 Å². The second-order valence-corrected chi connectivity index (χ2v) is 3.65. The molecule has 0 N–H and O–H groups in total. The van der Waals surface area contributed by atoms with Crippen LogP contribution in [0, 0.1) is 11.3 Å². The molecule has 8 heteroatoms. The third-order valence-corrected chi connectivity index (χ3v) is 2.09. The minimum atomic E-state index is -5.76. The van der Waals surface area contributed by atoms with Crippen LogP contribution in [0.25, 0.3) is 0 Å². The van der Waals surface area contributed by atoms with E-state index in [0.717, 1.165) is 6.20 Å². The number of pyridine rings is 1. The van der Waals surface area contributed by atoms with Crippen LogP contribution in [0.2, 0.25) is 0 Å². The number of rotatable bonds is 1. The number of nitriles is 1. The third-order valence-electron chi connectivity index (χ3n) is 1.65. The molecule has 1 aromatic heterocycles. The van der Waals surface area contributed by atoms with Crippen LogP contribution < -0.4 is 0 Å². The second kappa shape index (κ2) is 3.97. The third kappa shape index (κ3) is 2.14. The van der Waals surface area contributed by atoms with Crippen LogP contribution in [-0.2, 0) is 5.92 Å². The van der Waals surface area contributed by atoms with Crippen molar-refractivity contribution in [1.82, 2.24) is 4.98 Å². The highest BCUT2D eigenvalue weighted by atomic mass is 79.9. The van der Waals surface area contributed by atoms with Crippen molar-refractivity contribution < 1.29 is 22.0 Å². The predicted molar refractivity (Wildman–Crippen MR) is 46.6 cm³/mol. The Hall–Kier alpha value is -1.23. The van der Waals surface area contributed by atoms with Gasteiger partial charge in [0.2, 0.25) is 0 Å². The van der Waals surface area contributed by atoms with E-state index < -0.39 is 23.4 Å². The zero-order valence-electron chi connectivity index (χ0n) is 7.32. The number of hydrogen-bond acceptors (Lipinski definition) is 2. The highest BCUT2D eigenvalue weighted by molar-refractivity contribution is 9.10. The average molecular weight is 301 g/mol. The molecule has 0 saturated heterocycles. The lowest BCUT2D eigenvalue weighted by Crippen LogP contribution is -2.34. The van der Waals surface area contributed by atoms with Gasteiger partial charge >= 0.3 is 12.1 Å². The smallest absolute Gasteiger partial charge is 0.244 e. The number of aromatic nitrogens is 1. The first-order chi connectivity index (χ1) is 7.20. The molecule has 0 aromatic carbocycles. The Labute approximate surface area is 94.8 Å². The molecule has 16 heavy (non-hydrogen) atoms. The van der Waals surface area contributed by atoms with Crippen LogP contribution in [0.4, 0.5) is 22.0 Å². The standard InChI is InChI=1S/C8H2BrF5N2/c9-4-1-5(6(2-15)16-3-4)7(10,11)8(12,13)14/h1,3H. The van der Waals surface area contributed by atoms with Crippen molar-refractivity contribution in [2.75, 3.05) is 0 Å². The summed E-state index contributed by atoms with van der Waals surface area (Å²) in [4.78, 5) is 3.19. The molecule has 0 bridgehead atoms. The quantitative estimate of drug-likeness (QED) is 0.746. The van der Waals surface area contributed by atoms with Crippen molar-refractivity contribution in [2.24, 2.45) is 0 Å². The largest absolute Gasteiger partial charge is 0.458 e. The number of hydrogen-bond donors (Lipinski definition) is 0. The van der Waals surface area contributed by atoms with E-state index >= 15 is 0 Å². The van der Waals surface area contributed by atoms with Gasteiger partial charge in [0.25, 0.3) is 0 Å². The lowest BCUT2D eigenvalue weighted by Gasteiger charge is -2.20. The van der Waals surface area contributed by atoms with E-state index in [0.29, 0.717) is 6.07 Å². The van der Waals surface area contributed by atoms with E-state index in [-0.39, 0.29) is 4.47 Å². The Kier molecular flexibility index (Phi) is 3.19. The van der Waals surface area contributed by atoms with Gasteiger partial charge in [-0.3, -0.25) is 0 Å². The summed E-state index contributed by atoms with van der Waals surface area (Å²) in [6, 6.07) is 1.72. The van der Waals surface area contributed by atoms with E-state index in [4.69, 9.17) is 5.26 Å². The molecular formula is C8H2BrF5N2. The summed E-state index contributed by atoms with van der Waals surface area (Å²) in [7, 11) is 0. The number of halogens is 6. The van der Waals surface area contributed by atoms with Crippen LogP contribution in [-0.4, -0.2) is 11.2 Å². The van der Waals surface area contributed by atoms with Gasteiger partial charge in [0.15, 0.2) is 0 Å². The molecule has 0 radical (unpaired) electrons. The summed E-state index contributed by atoms with van der Waals surface area (Å²) in [6.45, 7) is 0. The van der Waals surface area contributed by atoms with Crippen molar-refractivity contribution in [3.05, 3.63) is 28.0 Å². The molecule has 1 rings (SSSR count). The van der Waals surface area contributed by atoms with Crippen molar-refractivity contribution in [3.63, 3.8) is 0 Å². The first-order valence-electron chi connectivity index (χ1n) is 3.71. The van der Waals surface area contributed by atoms with Gasteiger partial charge in [0, 0.05) is 10.7 Å². The minimum Gasteiger partial charge on any atom is -0.244 e. The molecule has 0 saturated carbocycles. The van der Waals surface area contributed by atoms with Crippen LogP contribution in [0.3, 0.4) is 0 Å². The van der Waals surface area contributed by atoms with Crippen molar-refractivity contribution in [3.8, 4) is 6.07 Å². The highest BCUT2D eigenvalue weighted by Crippen LogP contribution is 2.45. The summed E-state index contributed by atoms with van der Waals surface area (Å²) in [5, 5.41) is 8.41. The molecule has 0 aliphatic rings. The Morgan fingerprint density at radius 1 is 1.25 bits per heavy atom. The molecule has 0 amide bonds. The Bertz CT molecular complexity index is 449. The Morgan fingerprint density at radius 3 is 2.25 bits per heavy atom. The van der Waals surface area contributed by atoms with Crippen LogP contribution in [0.1, 0.15) is 11.3 Å². The van der Waals surface area contributed by atoms with Crippen molar-refractivity contribution >= 4 is 15.9 Å². The summed E-state index contributed by atoms with van der Waals surface area (Å²) >= 11 is 2.71. The zero-order chi connectivity index (χ0) is 12.6. The zero-order valence-corrected chi connectivity index (χ0v) is 8.90. The Morgan fingerprint density at radius 2 is 1.81 bits per heavy atom. The van der Waals surface area contributed by atoms with Gasteiger partial charge in [-0.25, -0.2) is 4.98 Å². The first-order valence-corrected chi connectivity index (χ1v) is 4.50. The Balaban J connectivity index is 3.44. The minimum absolute atomic E-state index is 0.0644. The normalized spacial score (nSPS) is 12.3. The van der Waals surface area contributed by atoms with Gasteiger partial charge in [0.1, 0.15) is 11.8 Å². The summed E-state index contributed by atoms with van der Waals surface area (Å²) in [5.74, 6) is -5.10. The summed E-state index contributed by atoms with van der Waals surface area (Å²) < 4.78 is 62.0. The lowest BCUT2D eigenvalue weighted by molar-refractivity contribution is -0.289. The fourth-order valence-electron chi connectivity index (χ4n) is 0.920.